The van der Waals surface area contributed by atoms with E-state index in [4.69, 9.17) is 11.1 Å². The van der Waals surface area contributed by atoms with Gasteiger partial charge in [-0.15, -0.1) is 0 Å². The van der Waals surface area contributed by atoms with Gasteiger partial charge in [-0.25, -0.2) is 0 Å². The fraction of sp³-hybridized carbons (Fsp3) is 0.0833. The van der Waals surface area contributed by atoms with Gasteiger partial charge in [0.15, 0.2) is 5.96 Å². The van der Waals surface area contributed by atoms with E-state index in [0.29, 0.717) is 6.54 Å². The van der Waals surface area contributed by atoms with Crippen molar-refractivity contribution in [2.45, 2.75) is 6.54 Å². The maximum absolute atomic E-state index is 7.41. The Morgan fingerprint density at radius 2 is 2.06 bits per heavy atom. The summed E-state index contributed by atoms with van der Waals surface area (Å²) in [5.74, 6) is 0.0766. The number of guanidine groups is 1. The van der Waals surface area contributed by atoms with Crippen molar-refractivity contribution in [2.75, 3.05) is 0 Å². The summed E-state index contributed by atoms with van der Waals surface area (Å²) in [6.45, 7) is 0.653. The molecule has 0 atom stereocenters. The molecule has 1 aliphatic heterocycles. The summed E-state index contributed by atoms with van der Waals surface area (Å²) in [5.41, 5.74) is 7.81. The van der Waals surface area contributed by atoms with Gasteiger partial charge in [0.1, 0.15) is 0 Å². The third kappa shape index (κ3) is 1.20. The first-order valence-electron chi connectivity index (χ1n) is 5.13. The van der Waals surface area contributed by atoms with Gasteiger partial charge in [0, 0.05) is 23.5 Å². The second kappa shape index (κ2) is 3.13. The molecular weight excluding hydrogens is 200 g/mol. The molecule has 0 radical (unpaired) electrons. The van der Waals surface area contributed by atoms with Gasteiger partial charge < -0.3 is 15.2 Å². The first-order valence-corrected chi connectivity index (χ1v) is 5.13. The Hall–Kier alpha value is -2.23. The molecule has 3 rings (SSSR count). The quantitative estimate of drug-likeness (QED) is 0.516. The molecule has 80 valence electrons. The average Bonchev–Trinajstić information content (AvgIpc) is 2.66. The van der Waals surface area contributed by atoms with Gasteiger partial charge >= 0.3 is 0 Å². The lowest BCUT2D eigenvalue weighted by Gasteiger charge is -2.22. The molecule has 0 spiro atoms. The minimum Gasteiger partial charge on any atom is -0.370 e. The number of hydrogen-bond acceptors (Lipinski definition) is 1. The van der Waals surface area contributed by atoms with E-state index in [9.17, 15) is 0 Å². The van der Waals surface area contributed by atoms with Crippen LogP contribution in [0.25, 0.3) is 17.1 Å². The average molecular weight is 212 g/mol. The Kier molecular flexibility index (Phi) is 1.77. The number of nitrogens with zero attached hydrogens (tertiary/aromatic N) is 2. The fourth-order valence-corrected chi connectivity index (χ4v) is 2.07. The summed E-state index contributed by atoms with van der Waals surface area (Å²) in [5, 5.41) is 8.62. The number of nitrogens with one attached hydrogen (secondary N) is 1. The zero-order valence-corrected chi connectivity index (χ0v) is 8.72. The molecule has 0 unspecified atom stereocenters. The van der Waals surface area contributed by atoms with Crippen LogP contribution in [0.15, 0.2) is 36.5 Å². The number of nitrogens with two attached hydrogens (primary N) is 1. The number of aromatic nitrogens is 1. The number of benzene rings is 1. The predicted octanol–water partition coefficient (Wildman–Crippen LogP) is 1.78. The van der Waals surface area contributed by atoms with Crippen LogP contribution in [0, 0.1) is 5.41 Å². The molecule has 0 amide bonds. The van der Waals surface area contributed by atoms with Gasteiger partial charge in [0.2, 0.25) is 0 Å². The van der Waals surface area contributed by atoms with Crippen molar-refractivity contribution < 1.29 is 0 Å². The van der Waals surface area contributed by atoms with Crippen LogP contribution in [-0.4, -0.2) is 15.4 Å². The van der Waals surface area contributed by atoms with Gasteiger partial charge in [-0.2, -0.15) is 0 Å². The summed E-state index contributed by atoms with van der Waals surface area (Å²) in [6.07, 6.45) is 3.78. The third-order valence-corrected chi connectivity index (χ3v) is 2.87. The lowest BCUT2D eigenvalue weighted by atomic mass is 10.2. The van der Waals surface area contributed by atoms with Crippen LogP contribution < -0.4 is 5.73 Å². The van der Waals surface area contributed by atoms with Crippen molar-refractivity contribution in [3.05, 3.63) is 42.2 Å². The monoisotopic (exact) mass is 212 g/mol. The maximum Gasteiger partial charge on any atom is 0.192 e. The van der Waals surface area contributed by atoms with E-state index in [1.54, 1.807) is 4.90 Å². The highest BCUT2D eigenvalue weighted by Gasteiger charge is 2.14. The molecule has 1 aliphatic rings. The van der Waals surface area contributed by atoms with Crippen molar-refractivity contribution >= 4 is 23.1 Å². The third-order valence-electron chi connectivity index (χ3n) is 2.87. The molecule has 0 fully saturated rings. The van der Waals surface area contributed by atoms with E-state index in [1.165, 1.54) is 10.9 Å². The fourth-order valence-electron chi connectivity index (χ4n) is 2.07. The predicted molar refractivity (Wildman–Crippen MR) is 64.7 cm³/mol. The first-order chi connectivity index (χ1) is 7.75. The number of fused-ring (bicyclic) bond motifs is 3. The first kappa shape index (κ1) is 9.03. The highest BCUT2D eigenvalue weighted by Crippen LogP contribution is 2.23. The Morgan fingerprint density at radius 3 is 2.88 bits per heavy atom. The molecule has 0 aliphatic carbocycles. The Morgan fingerprint density at radius 1 is 1.25 bits per heavy atom. The Balaban J connectivity index is 2.16. The van der Waals surface area contributed by atoms with Crippen LogP contribution in [0.3, 0.4) is 0 Å². The molecule has 0 bridgehead atoms. The molecule has 1 aromatic heterocycles. The van der Waals surface area contributed by atoms with Crippen molar-refractivity contribution in [1.82, 2.24) is 9.47 Å². The number of rotatable bonds is 0. The van der Waals surface area contributed by atoms with Crippen LogP contribution in [0.1, 0.15) is 5.69 Å². The lowest BCUT2D eigenvalue weighted by molar-refractivity contribution is 0.517. The van der Waals surface area contributed by atoms with Crippen LogP contribution in [0.4, 0.5) is 0 Å². The van der Waals surface area contributed by atoms with Crippen molar-refractivity contribution in [3.63, 3.8) is 0 Å². The summed E-state index contributed by atoms with van der Waals surface area (Å²) in [6, 6.07) is 10.4. The minimum absolute atomic E-state index is 0.0766. The molecule has 0 saturated heterocycles. The van der Waals surface area contributed by atoms with E-state index < -0.39 is 0 Å². The molecule has 3 N–H and O–H groups in total. The van der Waals surface area contributed by atoms with Gasteiger partial charge in [-0.3, -0.25) is 5.41 Å². The summed E-state index contributed by atoms with van der Waals surface area (Å²) < 4.78 is 2.13. The molecule has 1 aromatic carbocycles. The zero-order chi connectivity index (χ0) is 11.1. The van der Waals surface area contributed by atoms with E-state index in [2.05, 4.69) is 22.8 Å². The second-order valence-electron chi connectivity index (χ2n) is 3.88. The smallest absolute Gasteiger partial charge is 0.192 e. The highest BCUT2D eigenvalue weighted by molar-refractivity contribution is 5.84. The van der Waals surface area contributed by atoms with E-state index in [1.807, 2.05) is 24.5 Å². The summed E-state index contributed by atoms with van der Waals surface area (Å²) in [4.78, 5) is 1.72. The Bertz CT molecular complexity index is 594. The minimum atomic E-state index is 0.0766. The van der Waals surface area contributed by atoms with Crippen molar-refractivity contribution in [1.29, 1.82) is 5.41 Å². The van der Waals surface area contributed by atoms with Crippen LogP contribution in [0.5, 0.6) is 0 Å². The zero-order valence-electron chi connectivity index (χ0n) is 8.72. The molecule has 2 heterocycles. The van der Waals surface area contributed by atoms with Gasteiger partial charge in [-0.1, -0.05) is 18.2 Å². The normalized spacial score (nSPS) is 14.1. The topological polar surface area (TPSA) is 58.0 Å². The maximum atomic E-state index is 7.41. The standard InChI is InChI=1S/C12H12N4/c13-12(14)15-5-6-16-10(8-15)7-9-3-1-2-4-11(9)16/h1-7H,8H2,(H3,13,14). The number of hydrogen-bond donors (Lipinski definition) is 2. The van der Waals surface area contributed by atoms with Gasteiger partial charge in [0.25, 0.3) is 0 Å². The molecule has 16 heavy (non-hydrogen) atoms. The molecule has 2 aromatic rings. The number of para-hydroxylation sites is 1. The van der Waals surface area contributed by atoms with Gasteiger partial charge in [0.05, 0.1) is 12.1 Å². The van der Waals surface area contributed by atoms with Crippen LogP contribution >= 0.6 is 0 Å². The van der Waals surface area contributed by atoms with Crippen LogP contribution in [0.2, 0.25) is 0 Å². The largest absolute Gasteiger partial charge is 0.370 e. The van der Waals surface area contributed by atoms with Crippen LogP contribution in [-0.2, 0) is 6.54 Å². The molecule has 4 heteroatoms. The molecular formula is C12H12N4. The second-order valence-corrected chi connectivity index (χ2v) is 3.88. The van der Waals surface area contributed by atoms with Crippen molar-refractivity contribution in [2.24, 2.45) is 5.73 Å². The van der Waals surface area contributed by atoms with E-state index in [0.717, 1.165) is 5.69 Å². The summed E-state index contributed by atoms with van der Waals surface area (Å²) in [7, 11) is 0. The summed E-state index contributed by atoms with van der Waals surface area (Å²) >= 11 is 0. The van der Waals surface area contributed by atoms with E-state index in [-0.39, 0.29) is 5.96 Å². The molecule has 0 saturated carbocycles. The van der Waals surface area contributed by atoms with E-state index >= 15 is 0 Å². The van der Waals surface area contributed by atoms with Crippen molar-refractivity contribution in [3.8, 4) is 0 Å². The highest BCUT2D eigenvalue weighted by atomic mass is 15.2. The molecule has 4 nitrogen and oxygen atoms in total. The SMILES string of the molecule is N=C(N)N1C=Cn2c(cc3ccccc32)C1. The Labute approximate surface area is 93.1 Å². The lowest BCUT2D eigenvalue weighted by Crippen LogP contribution is -2.33. The van der Waals surface area contributed by atoms with Gasteiger partial charge in [-0.05, 0) is 12.1 Å².